The summed E-state index contributed by atoms with van der Waals surface area (Å²) in [5.74, 6) is 0. The molecule has 0 radical (unpaired) electrons. The van der Waals surface area contributed by atoms with E-state index in [1.54, 1.807) is 5.57 Å². The van der Waals surface area contributed by atoms with E-state index in [9.17, 15) is 0 Å². The Hall–Kier alpha value is -0.133. The second-order valence-corrected chi connectivity index (χ2v) is 19.9. The van der Waals surface area contributed by atoms with Crippen molar-refractivity contribution in [1.29, 1.82) is 0 Å². The molecule has 1 heterocycles. The molecule has 0 aromatic carbocycles. The van der Waals surface area contributed by atoms with Gasteiger partial charge in [-0.1, -0.05) is 37.9 Å². The molecule has 0 N–H and O–H groups in total. The summed E-state index contributed by atoms with van der Waals surface area (Å²) in [4.78, 5) is 1.93. The molecule has 0 saturated carbocycles. The van der Waals surface area contributed by atoms with Gasteiger partial charge in [-0.2, -0.15) is 0 Å². The first-order valence-corrected chi connectivity index (χ1v) is 13.2. The van der Waals surface area contributed by atoms with Crippen molar-refractivity contribution in [3.8, 4) is 0 Å². The van der Waals surface area contributed by atoms with Gasteiger partial charge in [0.2, 0.25) is 0 Å². The van der Waals surface area contributed by atoms with E-state index in [0.29, 0.717) is 16.0 Å². The van der Waals surface area contributed by atoms with Crippen molar-refractivity contribution in [3.05, 3.63) is 34.8 Å². The molecule has 0 fully saturated rings. The summed E-state index contributed by atoms with van der Waals surface area (Å²) >= 11 is 0. The average Bonchev–Trinajstić information content (AvgIpc) is 2.13. The highest BCUT2D eigenvalue weighted by Crippen LogP contribution is 2.92. The summed E-state index contributed by atoms with van der Waals surface area (Å²) in [5.41, 5.74) is 2.40. The molecule has 0 aromatic rings. The third kappa shape index (κ3) is 1.96. The highest BCUT2D eigenvalue weighted by molar-refractivity contribution is 7.87. The predicted octanol–water partition coefficient (Wildman–Crippen LogP) is 6.24. The molecule has 0 saturated heterocycles. The fourth-order valence-electron chi connectivity index (χ4n) is 4.84. The normalized spacial score (nSPS) is 25.6. The largest absolute Gasteiger partial charge is 0.123 e. The van der Waals surface area contributed by atoms with Gasteiger partial charge < -0.3 is 0 Å². The standard InChI is InChI=1S/C18H32PSi/c1-17(2,3)19(18(4,5)6)15-13-11-10-12-14(15)16(19)20(7,8)9/h10-13,15H,1-9H3/q+1. The number of fused-ring (bicyclic) bond motifs is 1. The van der Waals surface area contributed by atoms with E-state index in [4.69, 9.17) is 0 Å². The molecule has 2 rings (SSSR count). The van der Waals surface area contributed by atoms with Gasteiger partial charge in [0, 0.05) is 5.57 Å². The highest BCUT2D eigenvalue weighted by Gasteiger charge is 2.73. The van der Waals surface area contributed by atoms with Crippen molar-refractivity contribution in [2.75, 3.05) is 0 Å². The minimum absolute atomic E-state index is 0.393. The van der Waals surface area contributed by atoms with Crippen LogP contribution in [-0.2, 0) is 0 Å². The van der Waals surface area contributed by atoms with Crippen molar-refractivity contribution in [2.24, 2.45) is 0 Å². The van der Waals surface area contributed by atoms with Gasteiger partial charge in [0.15, 0.2) is 0 Å². The zero-order valence-corrected chi connectivity index (χ0v) is 16.7. The van der Waals surface area contributed by atoms with Crippen LogP contribution < -0.4 is 0 Å². The number of allylic oxidation sites excluding steroid dienone is 5. The molecule has 112 valence electrons. The van der Waals surface area contributed by atoms with Crippen LogP contribution in [0.25, 0.3) is 0 Å². The Bertz CT molecular complexity index is 487. The lowest BCUT2D eigenvalue weighted by Gasteiger charge is -2.60. The first-order valence-electron chi connectivity index (χ1n) is 7.84. The highest BCUT2D eigenvalue weighted by atomic mass is 31.2. The molecule has 1 aliphatic heterocycles. The van der Waals surface area contributed by atoms with Crippen LogP contribution in [0.15, 0.2) is 34.8 Å². The van der Waals surface area contributed by atoms with E-state index in [1.165, 1.54) is 0 Å². The monoisotopic (exact) mass is 307 g/mol. The molecular weight excluding hydrogens is 275 g/mol. The van der Waals surface area contributed by atoms with E-state index in [0.717, 1.165) is 0 Å². The Kier molecular flexibility index (Phi) is 3.60. The van der Waals surface area contributed by atoms with Crippen LogP contribution in [0.2, 0.25) is 19.6 Å². The van der Waals surface area contributed by atoms with Gasteiger partial charge >= 0.3 is 0 Å². The third-order valence-corrected chi connectivity index (χ3v) is 16.1. The maximum Gasteiger partial charge on any atom is 0.123 e. The van der Waals surface area contributed by atoms with Crippen LogP contribution in [0.1, 0.15) is 41.5 Å². The van der Waals surface area contributed by atoms with Gasteiger partial charge in [-0.3, -0.25) is 0 Å². The van der Waals surface area contributed by atoms with Crippen LogP contribution in [0, 0.1) is 0 Å². The van der Waals surface area contributed by atoms with Crippen molar-refractivity contribution < 1.29 is 0 Å². The Morgan fingerprint density at radius 3 is 1.80 bits per heavy atom. The summed E-state index contributed by atoms with van der Waals surface area (Å²) in [6.07, 6.45) is 9.43. The molecule has 0 nitrogen and oxygen atoms in total. The molecular formula is C18H32PSi+. The first-order chi connectivity index (χ1) is 8.85. The Labute approximate surface area is 127 Å². The maximum atomic E-state index is 2.55. The lowest BCUT2D eigenvalue weighted by Crippen LogP contribution is -2.52. The van der Waals surface area contributed by atoms with E-state index in [-0.39, 0.29) is 0 Å². The molecule has 20 heavy (non-hydrogen) atoms. The molecule has 0 aromatic heterocycles. The average molecular weight is 308 g/mol. The van der Waals surface area contributed by atoms with Crippen molar-refractivity contribution in [3.63, 3.8) is 0 Å². The van der Waals surface area contributed by atoms with Gasteiger partial charge in [0.25, 0.3) is 0 Å². The van der Waals surface area contributed by atoms with Crippen LogP contribution in [0.5, 0.6) is 0 Å². The topological polar surface area (TPSA) is 0 Å². The quantitative estimate of drug-likeness (QED) is 0.397. The Morgan fingerprint density at radius 1 is 0.900 bits per heavy atom. The fraction of sp³-hybridized carbons (Fsp3) is 0.667. The van der Waals surface area contributed by atoms with Crippen LogP contribution in [0.3, 0.4) is 0 Å². The molecule has 1 atom stereocenters. The second-order valence-electron chi connectivity index (χ2n) is 9.31. The lowest BCUT2D eigenvalue weighted by atomic mass is 10.1. The fourth-order valence-corrected chi connectivity index (χ4v) is 19.4. The molecule has 0 amide bonds. The van der Waals surface area contributed by atoms with E-state index in [2.05, 4.69) is 85.5 Å². The SMILES string of the molecule is CC(C)(C)[P+]1(C(C)(C)C)C([Si](C)(C)C)=C2C=CC=CC21. The first kappa shape index (κ1) is 16.2. The summed E-state index contributed by atoms with van der Waals surface area (Å²) in [6, 6.07) is 0. The van der Waals surface area contributed by atoms with Crippen molar-refractivity contribution in [2.45, 2.75) is 77.2 Å². The zero-order chi connectivity index (χ0) is 15.6. The summed E-state index contributed by atoms with van der Waals surface area (Å²) < 4.78 is 0. The van der Waals surface area contributed by atoms with E-state index < -0.39 is 15.3 Å². The maximum absolute atomic E-state index is 2.55. The molecule has 2 aliphatic rings. The predicted molar refractivity (Wildman–Crippen MR) is 98.9 cm³/mol. The van der Waals surface area contributed by atoms with E-state index >= 15 is 0 Å². The Balaban J connectivity index is 2.79. The number of rotatable bonds is 1. The van der Waals surface area contributed by atoms with Crippen LogP contribution in [0.4, 0.5) is 0 Å². The molecule has 1 unspecified atom stereocenters. The van der Waals surface area contributed by atoms with Crippen LogP contribution in [-0.4, -0.2) is 24.0 Å². The van der Waals surface area contributed by atoms with E-state index in [1.807, 2.05) is 4.94 Å². The van der Waals surface area contributed by atoms with Crippen molar-refractivity contribution in [1.82, 2.24) is 0 Å². The summed E-state index contributed by atoms with van der Waals surface area (Å²) in [5, 5.41) is 0.787. The summed E-state index contributed by atoms with van der Waals surface area (Å²) in [7, 11) is -2.49. The molecule has 0 bridgehead atoms. The molecule has 0 spiro atoms. The van der Waals surface area contributed by atoms with Gasteiger partial charge in [-0.25, -0.2) is 0 Å². The minimum Gasteiger partial charge on any atom is -0.0625 e. The van der Waals surface area contributed by atoms with Crippen molar-refractivity contribution >= 4 is 15.3 Å². The number of hydrogen-bond donors (Lipinski definition) is 0. The van der Waals surface area contributed by atoms with Gasteiger partial charge in [-0.05, 0) is 47.6 Å². The van der Waals surface area contributed by atoms with Crippen LogP contribution >= 0.6 is 7.26 Å². The zero-order valence-electron chi connectivity index (χ0n) is 14.8. The van der Waals surface area contributed by atoms with Gasteiger partial charge in [0.1, 0.15) is 13.7 Å². The smallest absolute Gasteiger partial charge is 0.0625 e. The number of hydrogen-bond acceptors (Lipinski definition) is 0. The second kappa shape index (κ2) is 4.43. The van der Waals surface area contributed by atoms with Gasteiger partial charge in [-0.15, -0.1) is 0 Å². The Morgan fingerprint density at radius 2 is 1.40 bits per heavy atom. The third-order valence-electron chi connectivity index (χ3n) is 4.87. The van der Waals surface area contributed by atoms with Gasteiger partial charge in [0.05, 0.1) is 22.5 Å². The lowest BCUT2D eigenvalue weighted by molar-refractivity contribution is 0.675. The molecule has 2 heteroatoms. The summed E-state index contributed by atoms with van der Waals surface area (Å²) in [6.45, 7) is 22.6. The molecule has 1 aliphatic carbocycles. The minimum atomic E-state index is -1.29.